The lowest BCUT2D eigenvalue weighted by Gasteiger charge is -2.24. The van der Waals surface area contributed by atoms with E-state index < -0.39 is 13.3 Å². The van der Waals surface area contributed by atoms with Crippen molar-refractivity contribution in [1.82, 2.24) is 0 Å². The smallest absolute Gasteiger partial charge is 0.321 e. The van der Waals surface area contributed by atoms with Crippen LogP contribution in [-0.4, -0.2) is 55.6 Å². The summed E-state index contributed by atoms with van der Waals surface area (Å²) in [7, 11) is -2.81. The Morgan fingerprint density at radius 2 is 1.88 bits per heavy atom. The van der Waals surface area contributed by atoms with Crippen LogP contribution in [0.15, 0.2) is 0 Å². The van der Waals surface area contributed by atoms with E-state index in [1.54, 1.807) is 13.8 Å². The van der Waals surface area contributed by atoms with Crippen molar-refractivity contribution in [3.05, 3.63) is 0 Å². The van der Waals surface area contributed by atoms with Gasteiger partial charge in [-0.05, 0) is 13.8 Å². The van der Waals surface area contributed by atoms with E-state index in [0.29, 0.717) is 26.2 Å². The van der Waals surface area contributed by atoms with E-state index in [0.717, 1.165) is 0 Å². The lowest BCUT2D eigenvalue weighted by atomic mass is 10.2. The van der Waals surface area contributed by atoms with Gasteiger partial charge in [0.25, 0.3) is 0 Å². The van der Waals surface area contributed by atoms with E-state index in [2.05, 4.69) is 0 Å². The van der Waals surface area contributed by atoms with Crippen LogP contribution in [0, 0.1) is 0 Å². The molecule has 1 heterocycles. The summed E-state index contributed by atoms with van der Waals surface area (Å²) >= 11 is 2.04. The first-order chi connectivity index (χ1) is 7.71. The molecule has 0 aliphatic carbocycles. The van der Waals surface area contributed by atoms with Crippen LogP contribution in [0.4, 0.5) is 0 Å². The normalized spacial score (nSPS) is 21.1. The molecule has 7 heteroatoms. The Kier molecular flexibility index (Phi) is 5.21. The van der Waals surface area contributed by atoms with Crippen molar-refractivity contribution in [2.75, 3.05) is 37.7 Å². The van der Waals surface area contributed by atoms with Gasteiger partial charge in [-0.3, -0.25) is 4.79 Å². The lowest BCUT2D eigenvalue weighted by Crippen LogP contribution is -3.14. The van der Waals surface area contributed by atoms with E-state index in [1.165, 1.54) is 4.90 Å². The van der Waals surface area contributed by atoms with Gasteiger partial charge in [0.1, 0.15) is 16.6 Å². The van der Waals surface area contributed by atoms with Crippen molar-refractivity contribution in [2.45, 2.75) is 17.3 Å². The molecule has 1 fully saturated rings. The molecule has 0 spiro atoms. The second kappa shape index (κ2) is 5.83. The number of hydrogen-bond donors (Lipinski definition) is 1. The standard InChI is InChI=1S/C10H18INO4S/c1-10(2,11)9(13)16-6-3-12-4-7-17(14,15)8-5-12/h3-8H2,1-2H3/p+1. The Balaban J connectivity index is 2.23. The molecule has 1 rings (SSSR count). The minimum absolute atomic E-state index is 0.220. The number of alkyl halides is 1. The average molecular weight is 376 g/mol. The van der Waals surface area contributed by atoms with Crippen LogP contribution in [0.3, 0.4) is 0 Å². The first kappa shape index (κ1) is 15.2. The summed E-state index contributed by atoms with van der Waals surface area (Å²) in [6.07, 6.45) is 0. The van der Waals surface area contributed by atoms with E-state index in [1.807, 2.05) is 22.6 Å². The number of nitrogens with one attached hydrogen (secondary N) is 1. The zero-order valence-corrected chi connectivity index (χ0v) is 13.1. The Hall–Kier alpha value is 0.110. The molecule has 5 nitrogen and oxygen atoms in total. The fraction of sp³-hybridized carbons (Fsp3) is 0.900. The summed E-state index contributed by atoms with van der Waals surface area (Å²) in [6.45, 7) is 5.89. The summed E-state index contributed by atoms with van der Waals surface area (Å²) in [5.74, 6) is 0.268. The van der Waals surface area contributed by atoms with Crippen molar-refractivity contribution in [1.29, 1.82) is 0 Å². The summed E-state index contributed by atoms with van der Waals surface area (Å²) in [4.78, 5) is 12.7. The number of quaternary nitrogens is 1. The third-order valence-electron chi connectivity index (χ3n) is 2.71. The van der Waals surface area contributed by atoms with Gasteiger partial charge in [0.15, 0.2) is 9.84 Å². The number of hydrogen-bond acceptors (Lipinski definition) is 4. The van der Waals surface area contributed by atoms with Gasteiger partial charge in [-0.1, -0.05) is 22.6 Å². The second-order valence-electron chi connectivity index (χ2n) is 4.76. The molecule has 100 valence electrons. The number of halogens is 1. The number of carbonyl (C=O) groups excluding carboxylic acids is 1. The summed E-state index contributed by atoms with van der Waals surface area (Å²) < 4.78 is 27.1. The summed E-state index contributed by atoms with van der Waals surface area (Å²) in [5.41, 5.74) is 0. The zero-order valence-electron chi connectivity index (χ0n) is 10.2. The molecule has 1 N–H and O–H groups in total. The van der Waals surface area contributed by atoms with Crippen molar-refractivity contribution in [3.63, 3.8) is 0 Å². The van der Waals surface area contributed by atoms with Crippen LogP contribution in [0.2, 0.25) is 0 Å². The molecule has 0 radical (unpaired) electrons. The van der Waals surface area contributed by atoms with Gasteiger partial charge >= 0.3 is 5.97 Å². The SMILES string of the molecule is CC(C)(I)C(=O)OCC[NH+]1CCS(=O)(=O)CC1. The van der Waals surface area contributed by atoms with Gasteiger partial charge in [-0.25, -0.2) is 8.42 Å². The molecule has 0 aromatic carbocycles. The van der Waals surface area contributed by atoms with Gasteiger partial charge in [0.2, 0.25) is 0 Å². The van der Waals surface area contributed by atoms with Crippen LogP contribution in [0.1, 0.15) is 13.8 Å². The Morgan fingerprint density at radius 3 is 2.35 bits per heavy atom. The Morgan fingerprint density at radius 1 is 1.35 bits per heavy atom. The van der Waals surface area contributed by atoms with Crippen LogP contribution in [-0.2, 0) is 19.4 Å². The molecule has 0 amide bonds. The molecular formula is C10H19INO4S+. The fourth-order valence-electron chi connectivity index (χ4n) is 1.54. The molecule has 1 saturated heterocycles. The molecule has 0 bridgehead atoms. The first-order valence-electron chi connectivity index (χ1n) is 5.61. The largest absolute Gasteiger partial charge is 0.459 e. The maximum atomic E-state index is 11.5. The predicted molar refractivity (Wildman–Crippen MR) is 73.3 cm³/mol. The summed E-state index contributed by atoms with van der Waals surface area (Å²) in [5, 5.41) is 0. The number of esters is 1. The molecular weight excluding hydrogens is 357 g/mol. The van der Waals surface area contributed by atoms with E-state index >= 15 is 0 Å². The molecule has 1 aliphatic rings. The molecule has 0 unspecified atom stereocenters. The number of carbonyl (C=O) groups is 1. The highest BCUT2D eigenvalue weighted by atomic mass is 127. The Labute approximate surface area is 116 Å². The van der Waals surface area contributed by atoms with Crippen molar-refractivity contribution < 1.29 is 22.8 Å². The third kappa shape index (κ3) is 5.52. The third-order valence-corrected chi connectivity index (χ3v) is 4.80. The number of rotatable bonds is 4. The highest BCUT2D eigenvalue weighted by Crippen LogP contribution is 2.17. The van der Waals surface area contributed by atoms with Crippen LogP contribution >= 0.6 is 22.6 Å². The molecule has 17 heavy (non-hydrogen) atoms. The highest BCUT2D eigenvalue weighted by molar-refractivity contribution is 14.1. The quantitative estimate of drug-likeness (QED) is 0.391. The molecule has 1 aliphatic heterocycles. The maximum Gasteiger partial charge on any atom is 0.321 e. The topological polar surface area (TPSA) is 64.9 Å². The minimum atomic E-state index is -2.81. The second-order valence-corrected chi connectivity index (χ2v) is 9.76. The van der Waals surface area contributed by atoms with E-state index in [-0.39, 0.29) is 17.5 Å². The Bertz CT molecular complexity index is 360. The first-order valence-corrected chi connectivity index (χ1v) is 8.51. The van der Waals surface area contributed by atoms with E-state index in [4.69, 9.17) is 4.74 Å². The summed E-state index contributed by atoms with van der Waals surface area (Å²) in [6, 6.07) is 0. The van der Waals surface area contributed by atoms with Crippen molar-refractivity contribution in [2.24, 2.45) is 0 Å². The van der Waals surface area contributed by atoms with Crippen molar-refractivity contribution >= 4 is 38.4 Å². The fourth-order valence-corrected chi connectivity index (χ4v) is 3.10. The van der Waals surface area contributed by atoms with Gasteiger partial charge in [-0.15, -0.1) is 0 Å². The molecule has 0 aromatic rings. The van der Waals surface area contributed by atoms with Crippen LogP contribution in [0.25, 0.3) is 0 Å². The van der Waals surface area contributed by atoms with Gasteiger partial charge in [-0.2, -0.15) is 0 Å². The number of ether oxygens (including phenoxy) is 1. The van der Waals surface area contributed by atoms with Gasteiger partial charge < -0.3 is 9.64 Å². The highest BCUT2D eigenvalue weighted by Gasteiger charge is 2.27. The average Bonchev–Trinajstić information content (AvgIpc) is 2.19. The van der Waals surface area contributed by atoms with Crippen LogP contribution in [0.5, 0.6) is 0 Å². The lowest BCUT2D eigenvalue weighted by molar-refractivity contribution is -0.896. The monoisotopic (exact) mass is 376 g/mol. The predicted octanol–water partition coefficient (Wildman–Crippen LogP) is -0.943. The minimum Gasteiger partial charge on any atom is -0.459 e. The number of sulfone groups is 1. The van der Waals surface area contributed by atoms with Gasteiger partial charge in [0.05, 0.1) is 24.6 Å². The molecule has 0 aromatic heterocycles. The molecule has 0 atom stereocenters. The van der Waals surface area contributed by atoms with E-state index in [9.17, 15) is 13.2 Å². The van der Waals surface area contributed by atoms with Gasteiger partial charge in [0, 0.05) is 0 Å². The molecule has 0 saturated carbocycles. The van der Waals surface area contributed by atoms with Crippen molar-refractivity contribution in [3.8, 4) is 0 Å². The van der Waals surface area contributed by atoms with Crippen LogP contribution < -0.4 is 4.90 Å². The zero-order chi connectivity index (χ0) is 13.1. The maximum absolute atomic E-state index is 11.5.